The third-order valence-corrected chi connectivity index (χ3v) is 16.7. The Hall–Kier alpha value is -5.02. The standard InChI is InChI=1S/C23H27N3O4S2.C21H21ClFN3O4S2/c1-16-11-17(2)13-18(12-16)20-15-31-23(24-20)25-7-9-26(10-8-25)32(27,28)22-6-5-19(29-3)14-21(22)30-4;1-29-15-4-6-20(19(12-15)30-2)32(27,28)26-9-7-25(8-10-26)21-24-18(13-31-21)14-3-5-17(23)16(22)11-14/h5-6,11-15H,7-10H2,1-4H3;3-6,11-13H,7-10H2,1-2H3. The molecule has 64 heavy (non-hydrogen) atoms. The van der Waals surface area contributed by atoms with E-state index in [4.69, 9.17) is 35.5 Å². The number of sulfonamides is 2. The van der Waals surface area contributed by atoms with E-state index in [1.165, 1.54) is 77.7 Å². The Morgan fingerprint density at radius 1 is 0.562 bits per heavy atom. The number of rotatable bonds is 12. The van der Waals surface area contributed by atoms with Crippen molar-refractivity contribution in [2.45, 2.75) is 23.6 Å². The van der Waals surface area contributed by atoms with Crippen LogP contribution in [0.2, 0.25) is 5.02 Å². The number of piperazine rings is 2. The summed E-state index contributed by atoms with van der Waals surface area (Å²) in [5.41, 5.74) is 5.91. The Bertz CT molecular complexity index is 2810. The predicted octanol–water partition coefficient (Wildman–Crippen LogP) is 8.09. The minimum absolute atomic E-state index is 0.0461. The second-order valence-electron chi connectivity index (χ2n) is 14.9. The van der Waals surface area contributed by atoms with Gasteiger partial charge in [0.05, 0.1) is 44.8 Å². The highest BCUT2D eigenvalue weighted by molar-refractivity contribution is 7.89. The molecule has 340 valence electrons. The van der Waals surface area contributed by atoms with E-state index in [2.05, 4.69) is 47.3 Å². The molecule has 0 N–H and O–H groups in total. The van der Waals surface area contributed by atoms with Crippen LogP contribution < -0.4 is 28.7 Å². The maximum Gasteiger partial charge on any atom is 0.246 e. The summed E-state index contributed by atoms with van der Waals surface area (Å²) in [5.74, 6) is 1.12. The van der Waals surface area contributed by atoms with Crippen LogP contribution in [0.25, 0.3) is 22.5 Å². The van der Waals surface area contributed by atoms with Crippen LogP contribution in [0.1, 0.15) is 11.1 Å². The average Bonchev–Trinajstić information content (AvgIpc) is 4.01. The van der Waals surface area contributed by atoms with Crippen LogP contribution in [0.5, 0.6) is 23.0 Å². The largest absolute Gasteiger partial charge is 0.497 e. The summed E-state index contributed by atoms with van der Waals surface area (Å²) in [6.07, 6.45) is 0. The topological polar surface area (TPSA) is 144 Å². The normalized spacial score (nSPS) is 15.1. The number of methoxy groups -OCH3 is 4. The zero-order valence-corrected chi connectivity index (χ0v) is 40.1. The maximum atomic E-state index is 13.4. The van der Waals surface area contributed by atoms with E-state index in [0.717, 1.165) is 27.1 Å². The molecule has 2 aliphatic rings. The van der Waals surface area contributed by atoms with Crippen molar-refractivity contribution in [3.05, 3.63) is 106 Å². The van der Waals surface area contributed by atoms with E-state index in [0.29, 0.717) is 69.6 Å². The summed E-state index contributed by atoms with van der Waals surface area (Å²) in [5, 5.41) is 5.68. The van der Waals surface area contributed by atoms with E-state index in [9.17, 15) is 21.2 Å². The molecular formula is C44H48ClFN6O8S4. The summed E-state index contributed by atoms with van der Waals surface area (Å²) in [6, 6.07) is 20.3. The summed E-state index contributed by atoms with van der Waals surface area (Å²) in [6.45, 7) is 7.72. The van der Waals surface area contributed by atoms with Gasteiger partial charge in [-0.2, -0.15) is 8.61 Å². The van der Waals surface area contributed by atoms with Crippen LogP contribution in [0.4, 0.5) is 14.7 Å². The summed E-state index contributed by atoms with van der Waals surface area (Å²) in [4.78, 5) is 13.9. The fraction of sp³-hybridized carbons (Fsp3) is 0.318. The van der Waals surface area contributed by atoms with Crippen LogP contribution >= 0.6 is 34.3 Å². The van der Waals surface area contributed by atoms with Gasteiger partial charge in [-0.05, 0) is 68.4 Å². The Labute approximate surface area is 386 Å². The van der Waals surface area contributed by atoms with Gasteiger partial charge >= 0.3 is 0 Å². The lowest BCUT2D eigenvalue weighted by molar-refractivity contribution is 0.369. The highest BCUT2D eigenvalue weighted by Gasteiger charge is 2.33. The highest BCUT2D eigenvalue weighted by atomic mass is 35.5. The number of thiazole rings is 2. The van der Waals surface area contributed by atoms with Crippen molar-refractivity contribution in [2.75, 3.05) is 90.6 Å². The zero-order valence-electron chi connectivity index (χ0n) is 36.1. The first-order chi connectivity index (χ1) is 30.6. The Kier molecular flexibility index (Phi) is 14.7. The molecule has 0 amide bonds. The van der Waals surface area contributed by atoms with Gasteiger partial charge < -0.3 is 28.7 Å². The van der Waals surface area contributed by atoms with E-state index in [1.54, 1.807) is 47.7 Å². The lowest BCUT2D eigenvalue weighted by Crippen LogP contribution is -2.48. The molecule has 2 aromatic heterocycles. The molecule has 14 nitrogen and oxygen atoms in total. The van der Waals surface area contributed by atoms with E-state index in [1.807, 2.05) is 10.3 Å². The zero-order chi connectivity index (χ0) is 45.8. The number of ether oxygens (including phenoxy) is 4. The van der Waals surface area contributed by atoms with Gasteiger partial charge in [-0.3, -0.25) is 0 Å². The lowest BCUT2D eigenvalue weighted by Gasteiger charge is -2.34. The molecule has 0 aliphatic carbocycles. The second kappa shape index (κ2) is 20.0. The predicted molar refractivity (Wildman–Crippen MR) is 251 cm³/mol. The Balaban J connectivity index is 0.000000191. The van der Waals surface area contributed by atoms with Crippen molar-refractivity contribution >= 4 is 64.6 Å². The fourth-order valence-corrected chi connectivity index (χ4v) is 12.4. The summed E-state index contributed by atoms with van der Waals surface area (Å²) < 4.78 is 90.2. The van der Waals surface area contributed by atoms with Gasteiger partial charge in [-0.15, -0.1) is 22.7 Å². The molecule has 4 heterocycles. The van der Waals surface area contributed by atoms with Gasteiger partial charge in [0.25, 0.3) is 0 Å². The van der Waals surface area contributed by atoms with Crippen LogP contribution in [0.3, 0.4) is 0 Å². The van der Waals surface area contributed by atoms with Crippen molar-refractivity contribution in [3.63, 3.8) is 0 Å². The number of hydrogen-bond acceptors (Lipinski definition) is 14. The van der Waals surface area contributed by atoms with Crippen LogP contribution in [-0.4, -0.2) is 116 Å². The SMILES string of the molecule is COc1ccc(S(=O)(=O)N2CCN(c3nc(-c4cc(C)cc(C)c4)cs3)CC2)c(OC)c1.COc1ccc(S(=O)(=O)N2CCN(c3nc(-c4ccc(F)c(Cl)c4)cs3)CC2)c(OC)c1. The smallest absolute Gasteiger partial charge is 0.246 e. The quantitative estimate of drug-likeness (QED) is 0.117. The first-order valence-electron chi connectivity index (χ1n) is 20.0. The number of aromatic nitrogens is 2. The molecular weight excluding hydrogens is 923 g/mol. The molecule has 2 fully saturated rings. The van der Waals surface area contributed by atoms with Gasteiger partial charge in [-0.1, -0.05) is 28.8 Å². The maximum absolute atomic E-state index is 13.4. The number of hydrogen-bond donors (Lipinski definition) is 0. The van der Waals surface area contributed by atoms with E-state index >= 15 is 0 Å². The third-order valence-electron chi connectivity index (χ3n) is 10.7. The number of halogens is 2. The van der Waals surface area contributed by atoms with E-state index < -0.39 is 25.9 Å². The number of aryl methyl sites for hydroxylation is 2. The van der Waals surface area contributed by atoms with Crippen LogP contribution in [0, 0.1) is 19.7 Å². The summed E-state index contributed by atoms with van der Waals surface area (Å²) >= 11 is 8.92. The molecule has 0 atom stereocenters. The molecule has 0 spiro atoms. The van der Waals surface area contributed by atoms with Crippen molar-refractivity contribution in [1.29, 1.82) is 0 Å². The van der Waals surface area contributed by atoms with Gasteiger partial charge in [0.1, 0.15) is 38.6 Å². The van der Waals surface area contributed by atoms with Crippen molar-refractivity contribution in [1.82, 2.24) is 18.6 Å². The van der Waals surface area contributed by atoms with E-state index in [-0.39, 0.29) is 26.3 Å². The molecule has 4 aromatic carbocycles. The second-order valence-corrected chi connectivity index (χ2v) is 20.7. The highest BCUT2D eigenvalue weighted by Crippen LogP contribution is 2.35. The molecule has 6 aromatic rings. The molecule has 2 saturated heterocycles. The Morgan fingerprint density at radius 3 is 1.41 bits per heavy atom. The number of anilines is 2. The molecule has 20 heteroatoms. The van der Waals surface area contributed by atoms with Gasteiger partial charge in [-0.25, -0.2) is 31.2 Å². The molecule has 0 unspecified atom stereocenters. The molecule has 0 saturated carbocycles. The van der Waals surface area contributed by atoms with Crippen molar-refractivity contribution in [3.8, 4) is 45.5 Å². The third kappa shape index (κ3) is 10.3. The Morgan fingerprint density at radius 2 is 1.00 bits per heavy atom. The first kappa shape index (κ1) is 47.0. The van der Waals surface area contributed by atoms with Crippen molar-refractivity contribution in [2.24, 2.45) is 0 Å². The van der Waals surface area contributed by atoms with Crippen molar-refractivity contribution < 1.29 is 40.2 Å². The minimum Gasteiger partial charge on any atom is -0.497 e. The molecule has 0 radical (unpaired) electrons. The van der Waals surface area contributed by atoms with Gasteiger partial charge in [0.2, 0.25) is 20.0 Å². The first-order valence-corrected chi connectivity index (χ1v) is 25.1. The molecule has 8 rings (SSSR count). The minimum atomic E-state index is -3.72. The number of benzene rings is 4. The average molecular weight is 972 g/mol. The number of nitrogens with zero attached hydrogens (tertiary/aromatic N) is 6. The fourth-order valence-electron chi connectivity index (χ4n) is 7.36. The van der Waals surface area contributed by atoms with Crippen LogP contribution in [0.15, 0.2) is 93.3 Å². The lowest BCUT2D eigenvalue weighted by atomic mass is 10.1. The van der Waals surface area contributed by atoms with Gasteiger partial charge in [0.15, 0.2) is 10.3 Å². The van der Waals surface area contributed by atoms with Crippen LogP contribution in [-0.2, 0) is 20.0 Å². The molecule has 0 bridgehead atoms. The molecule has 2 aliphatic heterocycles. The summed E-state index contributed by atoms with van der Waals surface area (Å²) in [7, 11) is -1.46. The van der Waals surface area contributed by atoms with Gasteiger partial charge in [0, 0.05) is 86.4 Å². The monoisotopic (exact) mass is 970 g/mol.